The first-order valence-corrected chi connectivity index (χ1v) is 6.18. The molecule has 0 amide bonds. The Kier molecular flexibility index (Phi) is 5.21. The summed E-state index contributed by atoms with van der Waals surface area (Å²) < 4.78 is 0. The van der Waals surface area contributed by atoms with E-state index >= 15 is 0 Å². The molecule has 1 unspecified atom stereocenters. The van der Waals surface area contributed by atoms with Gasteiger partial charge in [-0.3, -0.25) is 10.4 Å². The molecule has 90 valence electrons. The highest BCUT2D eigenvalue weighted by Gasteiger charge is 2.07. The fourth-order valence-electron chi connectivity index (χ4n) is 1.19. The van der Waals surface area contributed by atoms with Crippen molar-refractivity contribution in [2.45, 2.75) is 32.7 Å². The minimum atomic E-state index is 0.310. The van der Waals surface area contributed by atoms with Crippen LogP contribution in [0.5, 0.6) is 0 Å². The van der Waals surface area contributed by atoms with Gasteiger partial charge in [-0.2, -0.15) is 0 Å². The molecule has 0 saturated carbocycles. The second-order valence-electron chi connectivity index (χ2n) is 3.90. The summed E-state index contributed by atoms with van der Waals surface area (Å²) in [6.45, 7) is 6.85. The van der Waals surface area contributed by atoms with Crippen molar-refractivity contribution in [1.82, 2.24) is 15.7 Å². The number of hydrazine groups is 1. The van der Waals surface area contributed by atoms with Crippen molar-refractivity contribution in [1.29, 1.82) is 0 Å². The Bertz CT molecular complexity index is 320. The Labute approximate surface area is 100 Å². The van der Waals surface area contributed by atoms with E-state index in [2.05, 4.69) is 27.6 Å². The lowest BCUT2D eigenvalue weighted by Crippen LogP contribution is -2.44. The third-order valence-electron chi connectivity index (χ3n) is 1.96. The SMILES string of the molecule is CC(C)NC(=NCC(C)c1nccs1)NN. The number of nitrogens with one attached hydrogen (secondary N) is 2. The standard InChI is InChI=1S/C10H19N5S/c1-7(2)14-10(15-11)13-6-8(3)9-12-4-5-16-9/h4-5,7-8H,6,11H2,1-3H3,(H2,13,14,15). The summed E-state index contributed by atoms with van der Waals surface area (Å²) in [5, 5.41) is 6.20. The average Bonchev–Trinajstić information content (AvgIpc) is 2.76. The van der Waals surface area contributed by atoms with E-state index in [0.717, 1.165) is 5.01 Å². The van der Waals surface area contributed by atoms with Gasteiger partial charge in [-0.1, -0.05) is 6.92 Å². The lowest BCUT2D eigenvalue weighted by Gasteiger charge is -2.13. The molecule has 0 aliphatic heterocycles. The topological polar surface area (TPSA) is 75.3 Å². The van der Waals surface area contributed by atoms with E-state index in [9.17, 15) is 0 Å². The zero-order valence-electron chi connectivity index (χ0n) is 9.90. The lowest BCUT2D eigenvalue weighted by atomic mass is 10.2. The molecule has 0 bridgehead atoms. The Morgan fingerprint density at radius 1 is 1.56 bits per heavy atom. The maximum atomic E-state index is 5.37. The van der Waals surface area contributed by atoms with Crippen LogP contribution in [0.1, 0.15) is 31.7 Å². The van der Waals surface area contributed by atoms with Crippen LogP contribution in [-0.4, -0.2) is 23.5 Å². The van der Waals surface area contributed by atoms with E-state index in [1.807, 2.05) is 25.4 Å². The van der Waals surface area contributed by atoms with E-state index in [1.54, 1.807) is 11.3 Å². The van der Waals surface area contributed by atoms with Crippen LogP contribution in [0.15, 0.2) is 16.6 Å². The number of thiazole rings is 1. The first kappa shape index (κ1) is 12.9. The largest absolute Gasteiger partial charge is 0.353 e. The number of nitrogens with zero attached hydrogens (tertiary/aromatic N) is 2. The summed E-state index contributed by atoms with van der Waals surface area (Å²) in [4.78, 5) is 8.63. The number of nitrogens with two attached hydrogens (primary N) is 1. The summed E-state index contributed by atoms with van der Waals surface area (Å²) in [5.74, 6) is 6.31. The summed E-state index contributed by atoms with van der Waals surface area (Å²) in [6.07, 6.45) is 1.81. The minimum Gasteiger partial charge on any atom is -0.353 e. The summed E-state index contributed by atoms with van der Waals surface area (Å²) in [5.41, 5.74) is 2.56. The molecule has 0 fully saturated rings. The van der Waals surface area contributed by atoms with Crippen LogP contribution >= 0.6 is 11.3 Å². The van der Waals surface area contributed by atoms with Gasteiger partial charge in [0.1, 0.15) is 0 Å². The van der Waals surface area contributed by atoms with Crippen LogP contribution in [0.25, 0.3) is 0 Å². The van der Waals surface area contributed by atoms with Gasteiger partial charge in [0, 0.05) is 23.5 Å². The molecule has 1 aromatic rings. The van der Waals surface area contributed by atoms with Crippen molar-refractivity contribution in [2.75, 3.05) is 6.54 Å². The van der Waals surface area contributed by atoms with Gasteiger partial charge in [0.25, 0.3) is 0 Å². The molecule has 0 radical (unpaired) electrons. The molecule has 16 heavy (non-hydrogen) atoms. The second-order valence-corrected chi connectivity index (χ2v) is 4.83. The van der Waals surface area contributed by atoms with Gasteiger partial charge in [-0.15, -0.1) is 11.3 Å². The van der Waals surface area contributed by atoms with Crippen LogP contribution in [-0.2, 0) is 0 Å². The third kappa shape index (κ3) is 4.16. The molecule has 0 aromatic carbocycles. The molecule has 6 heteroatoms. The molecule has 1 heterocycles. The molecule has 1 aromatic heterocycles. The number of aromatic nitrogens is 1. The molecule has 1 atom stereocenters. The third-order valence-corrected chi connectivity index (χ3v) is 2.97. The van der Waals surface area contributed by atoms with Crippen molar-refractivity contribution in [3.8, 4) is 0 Å². The normalized spacial score (nSPS) is 13.9. The van der Waals surface area contributed by atoms with Gasteiger partial charge in [0.15, 0.2) is 0 Å². The van der Waals surface area contributed by atoms with E-state index in [-0.39, 0.29) is 0 Å². The Morgan fingerprint density at radius 3 is 2.81 bits per heavy atom. The highest BCUT2D eigenvalue weighted by atomic mass is 32.1. The quantitative estimate of drug-likeness (QED) is 0.319. The first-order chi connectivity index (χ1) is 7.63. The number of hydrogen-bond acceptors (Lipinski definition) is 4. The molecular weight excluding hydrogens is 222 g/mol. The summed E-state index contributed by atoms with van der Waals surface area (Å²) in [6, 6.07) is 0.310. The molecule has 4 N–H and O–H groups in total. The second kappa shape index (κ2) is 6.44. The van der Waals surface area contributed by atoms with Gasteiger partial charge in [0.2, 0.25) is 5.96 Å². The van der Waals surface area contributed by atoms with Crippen molar-refractivity contribution in [3.63, 3.8) is 0 Å². The molecule has 0 aliphatic rings. The fraction of sp³-hybridized carbons (Fsp3) is 0.600. The molecule has 1 rings (SSSR count). The van der Waals surface area contributed by atoms with Gasteiger partial charge in [0.05, 0.1) is 11.6 Å². The maximum absolute atomic E-state index is 5.37. The highest BCUT2D eigenvalue weighted by Crippen LogP contribution is 2.17. The number of guanidine groups is 1. The van der Waals surface area contributed by atoms with E-state index in [0.29, 0.717) is 24.5 Å². The average molecular weight is 241 g/mol. The van der Waals surface area contributed by atoms with Crippen molar-refractivity contribution in [3.05, 3.63) is 16.6 Å². The number of hydrogen-bond donors (Lipinski definition) is 3. The highest BCUT2D eigenvalue weighted by molar-refractivity contribution is 7.09. The summed E-state index contributed by atoms with van der Waals surface area (Å²) >= 11 is 1.65. The lowest BCUT2D eigenvalue weighted by molar-refractivity contribution is 0.690. The molecule has 0 spiro atoms. The van der Waals surface area contributed by atoms with Crippen LogP contribution in [0.3, 0.4) is 0 Å². The number of rotatable bonds is 4. The Balaban J connectivity index is 2.50. The predicted molar refractivity (Wildman–Crippen MR) is 68.4 cm³/mol. The maximum Gasteiger partial charge on any atom is 0.205 e. The smallest absolute Gasteiger partial charge is 0.205 e. The Hall–Kier alpha value is -1.14. The monoisotopic (exact) mass is 241 g/mol. The molecule has 0 saturated heterocycles. The van der Waals surface area contributed by atoms with Gasteiger partial charge >= 0.3 is 0 Å². The van der Waals surface area contributed by atoms with Crippen LogP contribution in [0, 0.1) is 0 Å². The molecular formula is C10H19N5S. The zero-order valence-corrected chi connectivity index (χ0v) is 10.7. The predicted octanol–water partition coefficient (Wildman–Crippen LogP) is 1.06. The van der Waals surface area contributed by atoms with Crippen molar-refractivity contribution < 1.29 is 0 Å². The zero-order chi connectivity index (χ0) is 12.0. The van der Waals surface area contributed by atoms with Gasteiger partial charge in [-0.25, -0.2) is 10.8 Å². The fourth-order valence-corrected chi connectivity index (χ4v) is 1.88. The van der Waals surface area contributed by atoms with E-state index in [4.69, 9.17) is 5.84 Å². The van der Waals surface area contributed by atoms with Gasteiger partial charge in [-0.05, 0) is 13.8 Å². The van der Waals surface area contributed by atoms with E-state index in [1.165, 1.54) is 0 Å². The molecule has 0 aliphatic carbocycles. The summed E-state index contributed by atoms with van der Waals surface area (Å²) in [7, 11) is 0. The molecule has 5 nitrogen and oxygen atoms in total. The first-order valence-electron chi connectivity index (χ1n) is 5.30. The van der Waals surface area contributed by atoms with Crippen LogP contribution in [0.2, 0.25) is 0 Å². The van der Waals surface area contributed by atoms with Crippen LogP contribution < -0.4 is 16.6 Å². The van der Waals surface area contributed by atoms with Gasteiger partial charge < -0.3 is 5.32 Å². The number of aliphatic imine (C=N–C) groups is 1. The van der Waals surface area contributed by atoms with Crippen LogP contribution in [0.4, 0.5) is 0 Å². The van der Waals surface area contributed by atoms with Crippen molar-refractivity contribution >= 4 is 17.3 Å². The Morgan fingerprint density at radius 2 is 2.31 bits per heavy atom. The minimum absolute atomic E-state index is 0.310. The van der Waals surface area contributed by atoms with E-state index < -0.39 is 0 Å². The van der Waals surface area contributed by atoms with Crippen molar-refractivity contribution in [2.24, 2.45) is 10.8 Å².